The molecular weight excluding hydrogens is 201 g/mol. The van der Waals surface area contributed by atoms with E-state index in [4.69, 9.17) is 22.2 Å². The van der Waals surface area contributed by atoms with Crippen LogP contribution in [0.2, 0.25) is 19.1 Å². The molecule has 0 N–H and O–H groups in total. The van der Waals surface area contributed by atoms with Crippen molar-refractivity contribution in [1.29, 1.82) is 0 Å². The number of rotatable bonds is 3. The van der Waals surface area contributed by atoms with Crippen LogP contribution in [-0.2, 0) is 0 Å². The second kappa shape index (κ2) is 4.11. The highest BCUT2D eigenvalue weighted by Crippen LogP contribution is 2.23. The number of hydrogen-bond donors (Lipinski definition) is 0. The Morgan fingerprint density at radius 1 is 1.40 bits per heavy atom. The number of halogens is 2. The Balaban J connectivity index is 4.03. The molecule has 0 aliphatic carbocycles. The molecule has 62 valence electrons. The van der Waals surface area contributed by atoms with E-state index in [1.165, 1.54) is 0 Å². The maximum atomic E-state index is 6.13. The SMILES string of the molecule is CC[Si](Cl)(Cl)N(C)[SiH](C)C. The van der Waals surface area contributed by atoms with Crippen molar-refractivity contribution in [3.8, 4) is 0 Å². The zero-order valence-electron chi connectivity index (χ0n) is 6.99. The first-order chi connectivity index (χ1) is 4.41. The third-order valence-corrected chi connectivity index (χ3v) is 12.2. The van der Waals surface area contributed by atoms with E-state index in [2.05, 4.69) is 24.2 Å². The molecule has 0 aromatic rings. The van der Waals surface area contributed by atoms with Crippen molar-refractivity contribution in [2.24, 2.45) is 0 Å². The predicted octanol–water partition coefficient (Wildman–Crippen LogP) is 2.34. The quantitative estimate of drug-likeness (QED) is 0.517. The fraction of sp³-hybridized carbons (Fsp3) is 1.00. The second-order valence-electron chi connectivity index (χ2n) is 2.72. The smallest absolute Gasteiger partial charge is 0.318 e. The van der Waals surface area contributed by atoms with Crippen molar-refractivity contribution in [2.45, 2.75) is 26.1 Å². The molecule has 0 bridgehead atoms. The first-order valence-electron chi connectivity index (χ1n) is 3.52. The summed E-state index contributed by atoms with van der Waals surface area (Å²) in [6.07, 6.45) is 0. The van der Waals surface area contributed by atoms with Gasteiger partial charge in [-0.05, 0) is 13.1 Å². The van der Waals surface area contributed by atoms with Crippen LogP contribution in [0.5, 0.6) is 0 Å². The van der Waals surface area contributed by atoms with Crippen molar-refractivity contribution in [1.82, 2.24) is 4.23 Å². The maximum absolute atomic E-state index is 6.13. The average molecular weight is 216 g/mol. The molecule has 0 heterocycles. The lowest BCUT2D eigenvalue weighted by molar-refractivity contribution is 0.805. The van der Waals surface area contributed by atoms with Gasteiger partial charge in [-0.15, -0.1) is 22.2 Å². The van der Waals surface area contributed by atoms with Crippen molar-refractivity contribution >= 4 is 38.0 Å². The Morgan fingerprint density at radius 2 is 1.80 bits per heavy atom. The van der Waals surface area contributed by atoms with E-state index in [1.54, 1.807) is 0 Å². The lowest BCUT2D eigenvalue weighted by atomic mass is 11.0. The van der Waals surface area contributed by atoms with Crippen LogP contribution >= 0.6 is 22.2 Å². The Hall–Kier alpha value is 0.974. The zero-order chi connectivity index (χ0) is 8.36. The van der Waals surface area contributed by atoms with Gasteiger partial charge in [-0.2, -0.15) is 0 Å². The molecule has 0 unspecified atom stereocenters. The lowest BCUT2D eigenvalue weighted by Crippen LogP contribution is -2.47. The molecule has 0 fully saturated rings. The third-order valence-electron chi connectivity index (χ3n) is 1.72. The van der Waals surface area contributed by atoms with Gasteiger partial charge in [0.15, 0.2) is 0 Å². The molecule has 0 saturated carbocycles. The molecule has 0 aromatic carbocycles. The standard InChI is InChI=1S/C5H15Cl2NSi2/c1-5-10(6,7)8(2)9(3)4/h9H,5H2,1-4H3. The normalized spacial score (nSPS) is 13.2. The number of nitrogens with zero attached hydrogens (tertiary/aromatic N) is 1. The van der Waals surface area contributed by atoms with Crippen molar-refractivity contribution in [2.75, 3.05) is 7.05 Å². The summed E-state index contributed by atoms with van der Waals surface area (Å²) in [5, 5.41) is 0. The fourth-order valence-electron chi connectivity index (χ4n) is 0.627. The molecule has 0 spiro atoms. The molecule has 0 saturated heterocycles. The van der Waals surface area contributed by atoms with Gasteiger partial charge in [0, 0.05) is 0 Å². The van der Waals surface area contributed by atoms with Crippen LogP contribution in [-0.4, -0.2) is 27.1 Å². The molecule has 0 amide bonds. The van der Waals surface area contributed by atoms with Crippen LogP contribution in [0.1, 0.15) is 6.92 Å². The molecule has 5 heteroatoms. The first-order valence-corrected chi connectivity index (χ1v) is 10.5. The molecule has 0 aromatic heterocycles. The lowest BCUT2D eigenvalue weighted by Gasteiger charge is -2.30. The molecular formula is C5H15Cl2NSi2. The predicted molar refractivity (Wildman–Crippen MR) is 54.6 cm³/mol. The van der Waals surface area contributed by atoms with E-state index in [9.17, 15) is 0 Å². The van der Waals surface area contributed by atoms with Gasteiger partial charge in [0.1, 0.15) is 8.96 Å². The van der Waals surface area contributed by atoms with Crippen LogP contribution in [0, 0.1) is 0 Å². The minimum atomic E-state index is -2.00. The molecule has 10 heavy (non-hydrogen) atoms. The molecule has 1 nitrogen and oxygen atoms in total. The molecule has 0 aliphatic heterocycles. The summed E-state index contributed by atoms with van der Waals surface area (Å²) < 4.78 is 2.22. The summed E-state index contributed by atoms with van der Waals surface area (Å²) in [7, 11) is 1.27. The van der Waals surface area contributed by atoms with Crippen molar-refractivity contribution < 1.29 is 0 Å². The molecule has 0 rings (SSSR count). The van der Waals surface area contributed by atoms with E-state index in [0.29, 0.717) is 0 Å². The Labute approximate surface area is 75.5 Å². The molecule has 0 aliphatic rings. The number of hydrogen-bond acceptors (Lipinski definition) is 1. The van der Waals surface area contributed by atoms with E-state index in [-0.39, 0.29) is 0 Å². The zero-order valence-corrected chi connectivity index (χ0v) is 10.7. The summed E-state index contributed by atoms with van der Waals surface area (Å²) in [4.78, 5) is 0. The minimum absolute atomic E-state index is 0.776. The van der Waals surface area contributed by atoms with Gasteiger partial charge in [0.05, 0.1) is 0 Å². The van der Waals surface area contributed by atoms with E-state index in [0.717, 1.165) is 6.04 Å². The molecule has 0 radical (unpaired) electrons. The summed E-state index contributed by atoms with van der Waals surface area (Å²) >= 11 is 12.3. The average Bonchev–Trinajstić information content (AvgIpc) is 1.86. The first kappa shape index (κ1) is 11.0. The van der Waals surface area contributed by atoms with Gasteiger partial charge < -0.3 is 4.23 Å². The second-order valence-corrected chi connectivity index (χ2v) is 13.3. The molecule has 0 atom stereocenters. The van der Waals surface area contributed by atoms with Crippen molar-refractivity contribution in [3.63, 3.8) is 0 Å². The van der Waals surface area contributed by atoms with E-state index >= 15 is 0 Å². The summed E-state index contributed by atoms with van der Waals surface area (Å²) in [5.41, 5.74) is 0. The van der Waals surface area contributed by atoms with Crippen molar-refractivity contribution in [3.05, 3.63) is 0 Å². The van der Waals surface area contributed by atoms with E-state index < -0.39 is 15.8 Å². The van der Waals surface area contributed by atoms with Gasteiger partial charge in [0.2, 0.25) is 0 Å². The van der Waals surface area contributed by atoms with Gasteiger partial charge in [-0.1, -0.05) is 20.0 Å². The summed E-state index contributed by atoms with van der Waals surface area (Å²) in [6, 6.07) is 0.914. The Kier molecular flexibility index (Phi) is 4.51. The fourth-order valence-corrected chi connectivity index (χ4v) is 8.21. The minimum Gasteiger partial charge on any atom is -0.327 e. The van der Waals surface area contributed by atoms with E-state index in [1.807, 2.05) is 7.05 Å². The summed E-state index contributed by atoms with van der Waals surface area (Å²) in [6.45, 7) is 4.53. The maximum Gasteiger partial charge on any atom is 0.318 e. The van der Waals surface area contributed by atoms with Crippen LogP contribution in [0.15, 0.2) is 0 Å². The van der Waals surface area contributed by atoms with Crippen LogP contribution < -0.4 is 0 Å². The topological polar surface area (TPSA) is 3.24 Å². The van der Waals surface area contributed by atoms with Gasteiger partial charge in [-0.25, -0.2) is 0 Å². The van der Waals surface area contributed by atoms with Gasteiger partial charge in [0.25, 0.3) is 0 Å². The summed E-state index contributed by atoms with van der Waals surface area (Å²) in [5.74, 6) is 0. The highest BCUT2D eigenvalue weighted by atomic mass is 35.7. The third kappa shape index (κ3) is 2.92. The van der Waals surface area contributed by atoms with Gasteiger partial charge in [-0.3, -0.25) is 0 Å². The van der Waals surface area contributed by atoms with Crippen LogP contribution in [0.3, 0.4) is 0 Å². The van der Waals surface area contributed by atoms with Crippen LogP contribution in [0.25, 0.3) is 0 Å². The highest BCUT2D eigenvalue weighted by Gasteiger charge is 2.33. The largest absolute Gasteiger partial charge is 0.327 e. The van der Waals surface area contributed by atoms with Crippen LogP contribution in [0.4, 0.5) is 0 Å². The Morgan fingerprint density at radius 3 is 1.90 bits per heavy atom. The Bertz CT molecular complexity index is 108. The monoisotopic (exact) mass is 215 g/mol. The highest BCUT2D eigenvalue weighted by molar-refractivity contribution is 7.45. The van der Waals surface area contributed by atoms with Gasteiger partial charge >= 0.3 is 6.86 Å².